The van der Waals surface area contributed by atoms with E-state index in [2.05, 4.69) is 0 Å². The van der Waals surface area contributed by atoms with Gasteiger partial charge in [-0.15, -0.1) is 23.2 Å². The highest BCUT2D eigenvalue weighted by molar-refractivity contribution is 8.76. The van der Waals surface area contributed by atoms with E-state index < -0.39 is 21.7 Å². The van der Waals surface area contributed by atoms with Gasteiger partial charge < -0.3 is 10.2 Å². The number of carboxylic acid groups (broad SMARTS) is 2. The molecule has 0 amide bonds. The molecular formula is C8H12Cl2O4S2. The molecule has 0 fully saturated rings. The van der Waals surface area contributed by atoms with Gasteiger partial charge in [0.05, 0.1) is 0 Å². The first-order valence-corrected chi connectivity index (χ1v) is 7.43. The summed E-state index contributed by atoms with van der Waals surface area (Å²) in [5, 5.41) is 17.4. The number of halogens is 2. The van der Waals surface area contributed by atoms with E-state index in [0.717, 1.165) is 0 Å². The van der Waals surface area contributed by atoms with Crippen LogP contribution in [0.3, 0.4) is 0 Å². The van der Waals surface area contributed by atoms with Gasteiger partial charge in [0, 0.05) is 11.5 Å². The predicted molar refractivity (Wildman–Crippen MR) is 68.7 cm³/mol. The van der Waals surface area contributed by atoms with Gasteiger partial charge >= 0.3 is 11.9 Å². The standard InChI is InChI=1S/C8H12Cl2O4S2/c1-7(9,5(11)12)3-15-16-4-8(2,10)6(13)14/h3-4H2,1-2H3,(H,11,12)(H,13,14). The zero-order chi connectivity index (χ0) is 13.0. The third-order valence-corrected chi connectivity index (χ3v) is 5.31. The number of hydrogen-bond acceptors (Lipinski definition) is 4. The predicted octanol–water partition coefficient (Wildman–Crippen LogP) is 2.53. The molecule has 2 N–H and O–H groups in total. The molecule has 0 rings (SSSR count). The van der Waals surface area contributed by atoms with Crippen LogP contribution in [0.5, 0.6) is 0 Å². The second-order valence-electron chi connectivity index (χ2n) is 3.53. The molecule has 0 saturated heterocycles. The van der Waals surface area contributed by atoms with Crippen LogP contribution in [0.2, 0.25) is 0 Å². The maximum absolute atomic E-state index is 10.6. The van der Waals surface area contributed by atoms with Crippen molar-refractivity contribution in [1.82, 2.24) is 0 Å². The fraction of sp³-hybridized carbons (Fsp3) is 0.750. The van der Waals surface area contributed by atoms with Gasteiger partial charge in [-0.2, -0.15) is 0 Å². The molecule has 0 aliphatic rings. The van der Waals surface area contributed by atoms with Gasteiger partial charge in [0.25, 0.3) is 0 Å². The van der Waals surface area contributed by atoms with Crippen molar-refractivity contribution in [3.8, 4) is 0 Å². The lowest BCUT2D eigenvalue weighted by Crippen LogP contribution is -2.32. The highest BCUT2D eigenvalue weighted by Gasteiger charge is 2.33. The number of carboxylic acids is 2. The summed E-state index contributed by atoms with van der Waals surface area (Å²) >= 11 is 11.4. The summed E-state index contributed by atoms with van der Waals surface area (Å²) in [6.07, 6.45) is 0. The summed E-state index contributed by atoms with van der Waals surface area (Å²) in [5.41, 5.74) is 0. The molecule has 0 radical (unpaired) electrons. The van der Waals surface area contributed by atoms with E-state index in [-0.39, 0.29) is 11.5 Å². The van der Waals surface area contributed by atoms with Gasteiger partial charge in [0.1, 0.15) is 9.75 Å². The first-order chi connectivity index (χ1) is 7.09. The van der Waals surface area contributed by atoms with Crippen LogP contribution < -0.4 is 0 Å². The number of carbonyl (C=O) groups is 2. The lowest BCUT2D eigenvalue weighted by atomic mass is 10.2. The third-order valence-electron chi connectivity index (χ3n) is 1.64. The van der Waals surface area contributed by atoms with Crippen LogP contribution in [-0.2, 0) is 9.59 Å². The average Bonchev–Trinajstić information content (AvgIpc) is 2.12. The van der Waals surface area contributed by atoms with Crippen LogP contribution in [0.1, 0.15) is 13.8 Å². The monoisotopic (exact) mass is 306 g/mol. The van der Waals surface area contributed by atoms with E-state index in [0.29, 0.717) is 0 Å². The van der Waals surface area contributed by atoms with E-state index >= 15 is 0 Å². The SMILES string of the molecule is CC(Cl)(CSSCC(C)(Cl)C(=O)O)C(=O)O. The summed E-state index contributed by atoms with van der Waals surface area (Å²) in [5.74, 6) is -1.87. The smallest absolute Gasteiger partial charge is 0.325 e. The summed E-state index contributed by atoms with van der Waals surface area (Å²) in [4.78, 5) is 18.6. The van der Waals surface area contributed by atoms with E-state index in [9.17, 15) is 9.59 Å². The van der Waals surface area contributed by atoms with Crippen molar-refractivity contribution in [2.24, 2.45) is 0 Å². The Morgan fingerprint density at radius 2 is 1.25 bits per heavy atom. The van der Waals surface area contributed by atoms with Crippen LogP contribution >= 0.6 is 44.8 Å². The minimum Gasteiger partial charge on any atom is -0.480 e. The Kier molecular flexibility index (Phi) is 6.32. The fourth-order valence-corrected chi connectivity index (χ4v) is 3.91. The van der Waals surface area contributed by atoms with Crippen molar-refractivity contribution in [1.29, 1.82) is 0 Å². The largest absolute Gasteiger partial charge is 0.480 e. The van der Waals surface area contributed by atoms with E-state index in [1.165, 1.54) is 35.4 Å². The molecule has 0 saturated carbocycles. The van der Waals surface area contributed by atoms with Gasteiger partial charge in [0.2, 0.25) is 0 Å². The molecular weight excluding hydrogens is 295 g/mol. The Bertz CT molecular complexity index is 253. The zero-order valence-electron chi connectivity index (χ0n) is 8.70. The van der Waals surface area contributed by atoms with Crippen molar-refractivity contribution >= 4 is 56.7 Å². The molecule has 16 heavy (non-hydrogen) atoms. The maximum atomic E-state index is 10.6. The Hall–Kier alpha value is 0.220. The molecule has 0 aromatic rings. The number of aliphatic carboxylic acids is 2. The van der Waals surface area contributed by atoms with Crippen molar-refractivity contribution in [3.05, 3.63) is 0 Å². The molecule has 0 heterocycles. The lowest BCUT2D eigenvalue weighted by molar-refractivity contribution is -0.140. The Morgan fingerprint density at radius 3 is 1.44 bits per heavy atom. The Labute approximate surface area is 111 Å². The Morgan fingerprint density at radius 1 is 1.00 bits per heavy atom. The molecule has 0 aliphatic heterocycles. The van der Waals surface area contributed by atoms with Gasteiger partial charge in [-0.25, -0.2) is 0 Å². The van der Waals surface area contributed by atoms with Gasteiger partial charge in [0.15, 0.2) is 0 Å². The summed E-state index contributed by atoms with van der Waals surface area (Å²) in [6.45, 7) is 2.78. The molecule has 0 aromatic carbocycles. The highest BCUT2D eigenvalue weighted by atomic mass is 35.5. The molecule has 0 bridgehead atoms. The minimum atomic E-state index is -1.34. The van der Waals surface area contributed by atoms with Gasteiger partial charge in [-0.1, -0.05) is 21.6 Å². The normalized spacial score (nSPS) is 18.5. The van der Waals surface area contributed by atoms with Crippen LogP contribution in [-0.4, -0.2) is 43.4 Å². The molecule has 0 aromatic heterocycles. The van der Waals surface area contributed by atoms with Crippen LogP contribution in [0.25, 0.3) is 0 Å². The van der Waals surface area contributed by atoms with Crippen LogP contribution in [0.4, 0.5) is 0 Å². The van der Waals surface area contributed by atoms with Gasteiger partial charge in [-0.05, 0) is 13.8 Å². The number of alkyl halides is 2. The molecule has 94 valence electrons. The van der Waals surface area contributed by atoms with E-state index in [1.807, 2.05) is 0 Å². The van der Waals surface area contributed by atoms with Crippen molar-refractivity contribution in [2.75, 3.05) is 11.5 Å². The average molecular weight is 307 g/mol. The van der Waals surface area contributed by atoms with Crippen LogP contribution in [0, 0.1) is 0 Å². The van der Waals surface area contributed by atoms with Gasteiger partial charge in [-0.3, -0.25) is 9.59 Å². The lowest BCUT2D eigenvalue weighted by Gasteiger charge is -2.18. The van der Waals surface area contributed by atoms with Crippen molar-refractivity contribution in [2.45, 2.75) is 23.6 Å². The van der Waals surface area contributed by atoms with E-state index in [1.54, 1.807) is 0 Å². The summed E-state index contributed by atoms with van der Waals surface area (Å²) in [7, 11) is 2.38. The number of hydrogen-bond donors (Lipinski definition) is 2. The number of rotatable bonds is 7. The molecule has 8 heteroatoms. The molecule has 4 nitrogen and oxygen atoms in total. The summed E-state index contributed by atoms with van der Waals surface area (Å²) < 4.78 is 0. The first kappa shape index (κ1) is 16.2. The third kappa shape index (κ3) is 5.52. The van der Waals surface area contributed by atoms with Crippen molar-refractivity contribution in [3.63, 3.8) is 0 Å². The van der Waals surface area contributed by atoms with Crippen LogP contribution in [0.15, 0.2) is 0 Å². The topological polar surface area (TPSA) is 74.6 Å². The highest BCUT2D eigenvalue weighted by Crippen LogP contribution is 2.33. The quantitative estimate of drug-likeness (QED) is 0.428. The fourth-order valence-electron chi connectivity index (χ4n) is 0.428. The second-order valence-corrected chi connectivity index (χ2v) is 7.66. The zero-order valence-corrected chi connectivity index (χ0v) is 11.8. The summed E-state index contributed by atoms with van der Waals surface area (Å²) in [6, 6.07) is 0. The first-order valence-electron chi connectivity index (χ1n) is 4.18. The van der Waals surface area contributed by atoms with E-state index in [4.69, 9.17) is 33.4 Å². The molecule has 2 atom stereocenters. The molecule has 0 spiro atoms. The molecule has 2 unspecified atom stereocenters. The molecule has 0 aliphatic carbocycles. The Balaban J connectivity index is 3.94. The van der Waals surface area contributed by atoms with Crippen molar-refractivity contribution < 1.29 is 19.8 Å². The minimum absolute atomic E-state index is 0.168. The second kappa shape index (κ2) is 6.23. The maximum Gasteiger partial charge on any atom is 0.325 e.